The van der Waals surface area contributed by atoms with Crippen molar-refractivity contribution in [2.45, 2.75) is 18.9 Å². The molecule has 1 N–H and O–H groups in total. The Morgan fingerprint density at radius 1 is 1.04 bits per heavy atom. The van der Waals surface area contributed by atoms with Crippen LogP contribution < -0.4 is 24.3 Å². The second-order valence-corrected chi connectivity index (χ2v) is 5.75. The highest BCUT2D eigenvalue weighted by Gasteiger charge is 2.43. The van der Waals surface area contributed by atoms with E-state index in [9.17, 15) is 0 Å². The maximum Gasteiger partial charge on any atom is 0.258 e. The van der Waals surface area contributed by atoms with E-state index in [0.29, 0.717) is 30.4 Å². The summed E-state index contributed by atoms with van der Waals surface area (Å²) in [7, 11) is 3.20. The zero-order valence-corrected chi connectivity index (χ0v) is 14.7. The highest BCUT2D eigenvalue weighted by molar-refractivity contribution is 5.47. The Kier molecular flexibility index (Phi) is 5.31. The number of hydrogen-bond acceptors (Lipinski definition) is 6. The van der Waals surface area contributed by atoms with Crippen LogP contribution in [0.2, 0.25) is 0 Å². The fourth-order valence-corrected chi connectivity index (χ4v) is 2.55. The van der Waals surface area contributed by atoms with Gasteiger partial charge in [0, 0.05) is 26.6 Å². The lowest BCUT2D eigenvalue weighted by molar-refractivity contribution is -0.226. The summed E-state index contributed by atoms with van der Waals surface area (Å²) in [5.74, 6) is 1.80. The Labute approximate surface area is 147 Å². The third-order valence-electron chi connectivity index (χ3n) is 4.03. The van der Waals surface area contributed by atoms with Crippen LogP contribution in [0.3, 0.4) is 0 Å². The summed E-state index contributed by atoms with van der Waals surface area (Å²) >= 11 is 0. The lowest BCUT2D eigenvalue weighted by Gasteiger charge is -2.41. The van der Waals surface area contributed by atoms with Gasteiger partial charge in [0.15, 0.2) is 11.5 Å². The molecule has 0 saturated carbocycles. The number of para-hydroxylation sites is 1. The van der Waals surface area contributed by atoms with E-state index in [1.807, 2.05) is 43.3 Å². The van der Waals surface area contributed by atoms with Gasteiger partial charge in [-0.25, -0.2) is 0 Å². The molecule has 0 bridgehead atoms. The topological polar surface area (TPSA) is 58.2 Å². The highest BCUT2D eigenvalue weighted by atomic mass is 16.7. The summed E-state index contributed by atoms with van der Waals surface area (Å²) in [5, 5.41) is 3.27. The minimum Gasteiger partial charge on any atom is -0.497 e. The molecule has 2 atom stereocenters. The van der Waals surface area contributed by atoms with E-state index in [2.05, 4.69) is 5.32 Å². The fourth-order valence-electron chi connectivity index (χ4n) is 2.55. The Morgan fingerprint density at radius 3 is 2.56 bits per heavy atom. The van der Waals surface area contributed by atoms with Gasteiger partial charge in [0.2, 0.25) is 6.23 Å². The van der Waals surface area contributed by atoms with Crippen LogP contribution in [0.5, 0.6) is 23.0 Å². The van der Waals surface area contributed by atoms with Crippen LogP contribution >= 0.6 is 0 Å². The normalized spacial score (nSPS) is 21.6. The van der Waals surface area contributed by atoms with Crippen LogP contribution in [-0.2, 0) is 4.74 Å². The molecular weight excluding hydrogens is 322 g/mol. The largest absolute Gasteiger partial charge is 0.497 e. The molecule has 1 aliphatic rings. The average molecular weight is 345 g/mol. The van der Waals surface area contributed by atoms with E-state index >= 15 is 0 Å². The third kappa shape index (κ3) is 3.97. The number of ether oxygens (including phenoxy) is 5. The van der Waals surface area contributed by atoms with Crippen molar-refractivity contribution in [3.8, 4) is 23.0 Å². The second kappa shape index (κ2) is 7.63. The van der Waals surface area contributed by atoms with Gasteiger partial charge in [-0.3, -0.25) is 5.32 Å². The summed E-state index contributed by atoms with van der Waals surface area (Å²) in [6.45, 7) is 2.89. The molecule has 6 heteroatoms. The zero-order valence-electron chi connectivity index (χ0n) is 14.7. The van der Waals surface area contributed by atoms with Gasteiger partial charge in [-0.15, -0.1) is 0 Å². The van der Waals surface area contributed by atoms with Gasteiger partial charge in [0.1, 0.15) is 18.1 Å². The van der Waals surface area contributed by atoms with Gasteiger partial charge in [0.25, 0.3) is 5.79 Å². The van der Waals surface area contributed by atoms with Gasteiger partial charge in [-0.1, -0.05) is 18.2 Å². The first-order valence-corrected chi connectivity index (χ1v) is 8.15. The molecule has 0 saturated heterocycles. The standard InChI is InChI=1S/C19H23NO5/c1-19(22-3)18(20-11-12-23-14-7-5-4-6-8-14)24-17-13-15(21-2)9-10-16(17)25-19/h4-10,13,18,20H,11-12H2,1-3H3. The van der Waals surface area contributed by atoms with E-state index in [0.717, 1.165) is 5.75 Å². The van der Waals surface area contributed by atoms with E-state index in [1.165, 1.54) is 0 Å². The quantitative estimate of drug-likeness (QED) is 0.779. The molecule has 1 aliphatic heterocycles. The van der Waals surface area contributed by atoms with Crippen molar-refractivity contribution >= 4 is 0 Å². The first-order chi connectivity index (χ1) is 12.1. The molecule has 0 aromatic heterocycles. The molecular formula is C19H23NO5. The third-order valence-corrected chi connectivity index (χ3v) is 4.03. The number of methoxy groups -OCH3 is 2. The molecule has 1 heterocycles. The minimum absolute atomic E-state index is 0.489. The Hall–Kier alpha value is -2.44. The lowest BCUT2D eigenvalue weighted by atomic mass is 10.2. The molecule has 0 fully saturated rings. The van der Waals surface area contributed by atoms with Crippen molar-refractivity contribution in [3.63, 3.8) is 0 Å². The smallest absolute Gasteiger partial charge is 0.258 e. The van der Waals surface area contributed by atoms with Crippen molar-refractivity contribution in [1.29, 1.82) is 0 Å². The van der Waals surface area contributed by atoms with Crippen molar-refractivity contribution in [1.82, 2.24) is 5.32 Å². The Bertz CT molecular complexity index is 693. The number of benzene rings is 2. The van der Waals surface area contributed by atoms with Crippen LogP contribution in [0.25, 0.3) is 0 Å². The molecule has 25 heavy (non-hydrogen) atoms. The summed E-state index contributed by atoms with van der Waals surface area (Å²) in [5.41, 5.74) is 0. The van der Waals surface area contributed by atoms with Gasteiger partial charge < -0.3 is 23.7 Å². The van der Waals surface area contributed by atoms with Crippen LogP contribution in [-0.4, -0.2) is 39.4 Å². The molecule has 6 nitrogen and oxygen atoms in total. The predicted octanol–water partition coefficient (Wildman–Crippen LogP) is 2.82. The SMILES string of the molecule is COc1ccc2c(c1)OC(NCCOc1ccccc1)C(C)(OC)O2. The summed E-state index contributed by atoms with van der Waals surface area (Å²) in [4.78, 5) is 0. The van der Waals surface area contributed by atoms with Crippen LogP contribution in [0.4, 0.5) is 0 Å². The van der Waals surface area contributed by atoms with E-state index in [4.69, 9.17) is 23.7 Å². The molecule has 0 radical (unpaired) electrons. The van der Waals surface area contributed by atoms with Crippen molar-refractivity contribution in [2.24, 2.45) is 0 Å². The van der Waals surface area contributed by atoms with Gasteiger partial charge in [0.05, 0.1) is 7.11 Å². The molecule has 2 unspecified atom stereocenters. The molecule has 2 aromatic rings. The molecule has 134 valence electrons. The van der Waals surface area contributed by atoms with Gasteiger partial charge in [-0.05, 0) is 24.3 Å². The van der Waals surface area contributed by atoms with Crippen molar-refractivity contribution in [2.75, 3.05) is 27.4 Å². The first kappa shape index (κ1) is 17.4. The number of fused-ring (bicyclic) bond motifs is 1. The number of rotatable bonds is 7. The van der Waals surface area contributed by atoms with Crippen LogP contribution in [0.15, 0.2) is 48.5 Å². The summed E-state index contributed by atoms with van der Waals surface area (Å²) < 4.78 is 28.5. The highest BCUT2D eigenvalue weighted by Crippen LogP contribution is 2.40. The monoisotopic (exact) mass is 345 g/mol. The molecule has 3 rings (SSSR count). The first-order valence-electron chi connectivity index (χ1n) is 8.15. The average Bonchev–Trinajstić information content (AvgIpc) is 2.66. The number of nitrogens with one attached hydrogen (secondary N) is 1. The molecule has 0 amide bonds. The van der Waals surface area contributed by atoms with E-state index in [1.54, 1.807) is 26.4 Å². The number of hydrogen-bond donors (Lipinski definition) is 1. The maximum absolute atomic E-state index is 6.04. The van der Waals surface area contributed by atoms with E-state index in [-0.39, 0.29) is 0 Å². The fraction of sp³-hybridized carbons (Fsp3) is 0.368. The summed E-state index contributed by atoms with van der Waals surface area (Å²) in [6.07, 6.45) is -0.489. The van der Waals surface area contributed by atoms with Gasteiger partial charge in [-0.2, -0.15) is 0 Å². The maximum atomic E-state index is 6.04. The molecule has 0 aliphatic carbocycles. The van der Waals surface area contributed by atoms with E-state index < -0.39 is 12.0 Å². The zero-order chi connectivity index (χ0) is 17.7. The predicted molar refractivity (Wildman–Crippen MR) is 93.4 cm³/mol. The Balaban J connectivity index is 1.62. The Morgan fingerprint density at radius 2 is 1.84 bits per heavy atom. The summed E-state index contributed by atoms with van der Waals surface area (Å²) in [6, 6.07) is 15.1. The second-order valence-electron chi connectivity index (χ2n) is 5.75. The molecule has 2 aromatic carbocycles. The van der Waals surface area contributed by atoms with Crippen LogP contribution in [0.1, 0.15) is 6.92 Å². The van der Waals surface area contributed by atoms with Crippen molar-refractivity contribution < 1.29 is 23.7 Å². The lowest BCUT2D eigenvalue weighted by Crippen LogP contribution is -2.59. The van der Waals surface area contributed by atoms with Gasteiger partial charge >= 0.3 is 0 Å². The van der Waals surface area contributed by atoms with Crippen molar-refractivity contribution in [3.05, 3.63) is 48.5 Å². The molecule has 0 spiro atoms. The minimum atomic E-state index is -0.950. The van der Waals surface area contributed by atoms with Crippen LogP contribution in [0, 0.1) is 0 Å².